The molecule has 0 bridgehead atoms. The molecule has 0 aliphatic rings. The van der Waals surface area contributed by atoms with E-state index in [4.69, 9.17) is 14.6 Å². The molecule has 214 valence electrons. The Kier molecular flexibility index (Phi) is 11.2. The molecule has 0 aromatic heterocycles. The van der Waals surface area contributed by atoms with Crippen LogP contribution >= 0.6 is 0 Å². The van der Waals surface area contributed by atoms with Crippen molar-refractivity contribution in [3.05, 3.63) is 59.7 Å². The molecular weight excluding hydrogens is 536 g/mol. The number of aromatic hydroxyl groups is 4. The van der Waals surface area contributed by atoms with Crippen molar-refractivity contribution in [2.75, 3.05) is 6.61 Å². The van der Waals surface area contributed by atoms with Crippen LogP contribution in [0.5, 0.6) is 23.0 Å². The van der Waals surface area contributed by atoms with Crippen molar-refractivity contribution >= 4 is 35.8 Å². The molecule has 40 heavy (non-hydrogen) atoms. The Hall–Kier alpha value is -4.92. The minimum Gasteiger partial charge on any atom is -0.504 e. The zero-order chi connectivity index (χ0) is 30.0. The van der Waals surface area contributed by atoms with E-state index in [0.717, 1.165) is 36.4 Å². The van der Waals surface area contributed by atoms with Gasteiger partial charge in [-0.2, -0.15) is 0 Å². The summed E-state index contributed by atoms with van der Waals surface area (Å²) < 4.78 is 9.74. The first-order valence-corrected chi connectivity index (χ1v) is 11.4. The molecule has 8 N–H and O–H groups in total. The highest BCUT2D eigenvalue weighted by atomic mass is 16.6. The molecule has 0 aliphatic heterocycles. The molecule has 0 radical (unpaired) electrons. The third kappa shape index (κ3) is 9.43. The number of hydrogen-bond donors (Lipinski definition) is 8. The number of ether oxygens (including phenoxy) is 2. The van der Waals surface area contributed by atoms with E-state index in [1.54, 1.807) is 0 Å². The number of phenols is 4. The van der Waals surface area contributed by atoms with Crippen LogP contribution in [-0.4, -0.2) is 95.6 Å². The van der Waals surface area contributed by atoms with Gasteiger partial charge in [0.2, 0.25) is 5.78 Å². The van der Waals surface area contributed by atoms with Gasteiger partial charge in [-0.1, -0.05) is 12.1 Å². The number of carboxylic acid groups (broad SMARTS) is 1. The number of carboxylic acids is 1. The zero-order valence-corrected chi connectivity index (χ0v) is 20.5. The quantitative estimate of drug-likeness (QED) is 0.0683. The van der Waals surface area contributed by atoms with E-state index in [9.17, 15) is 54.9 Å². The Labute approximate surface area is 225 Å². The number of Topliss-reactive ketones (excluding diaryl/α,β-unsaturated/α-hetero) is 1. The average molecular weight is 562 g/mol. The minimum atomic E-state index is -2.17. The van der Waals surface area contributed by atoms with Gasteiger partial charge in [0.1, 0.15) is 24.9 Å². The van der Waals surface area contributed by atoms with Gasteiger partial charge in [0.25, 0.3) is 0 Å². The summed E-state index contributed by atoms with van der Waals surface area (Å²) in [5, 5.41) is 77.5. The first-order chi connectivity index (χ1) is 18.8. The van der Waals surface area contributed by atoms with Crippen LogP contribution < -0.4 is 0 Å². The molecule has 0 heterocycles. The van der Waals surface area contributed by atoms with E-state index in [1.807, 2.05) is 0 Å². The SMILES string of the molecule is O=C(/C=C/c1ccc(O)c(O)c1)OC[C@@H](O)[C@@H](O)[C@H](OC(=O)/C=C/c1ccc(O)c(O)c1)[C@H](O)CC(=O)C(=O)O. The first kappa shape index (κ1) is 31.3. The maximum Gasteiger partial charge on any atom is 0.372 e. The second kappa shape index (κ2) is 14.3. The number of carbonyl (C=O) groups excluding carboxylic acids is 3. The fraction of sp³-hybridized carbons (Fsp3) is 0.231. The Morgan fingerprint density at radius 1 is 0.725 bits per heavy atom. The molecule has 2 aromatic carbocycles. The number of carbonyl (C=O) groups is 4. The van der Waals surface area contributed by atoms with Gasteiger partial charge in [-0.25, -0.2) is 14.4 Å². The summed E-state index contributed by atoms with van der Waals surface area (Å²) in [5.74, 6) is -7.35. The third-order valence-corrected chi connectivity index (χ3v) is 5.21. The molecule has 0 spiro atoms. The lowest BCUT2D eigenvalue weighted by Gasteiger charge is -2.29. The van der Waals surface area contributed by atoms with E-state index in [-0.39, 0.29) is 11.3 Å². The highest BCUT2D eigenvalue weighted by Crippen LogP contribution is 2.26. The van der Waals surface area contributed by atoms with Crippen LogP contribution in [-0.2, 0) is 28.7 Å². The molecule has 0 saturated carbocycles. The predicted molar refractivity (Wildman–Crippen MR) is 134 cm³/mol. The van der Waals surface area contributed by atoms with Gasteiger partial charge < -0.3 is 50.3 Å². The molecular formula is C26H26O14. The van der Waals surface area contributed by atoms with Crippen molar-refractivity contribution < 1.29 is 69.5 Å². The maximum absolute atomic E-state index is 12.3. The molecule has 0 aliphatic carbocycles. The van der Waals surface area contributed by atoms with Crippen LogP contribution in [0.15, 0.2) is 48.6 Å². The van der Waals surface area contributed by atoms with Crippen LogP contribution in [0.3, 0.4) is 0 Å². The predicted octanol–water partition coefficient (Wildman–Crippen LogP) is -0.183. The Morgan fingerprint density at radius 2 is 1.23 bits per heavy atom. The number of phenolic OH excluding ortho intramolecular Hbond substituents is 4. The second-order valence-electron chi connectivity index (χ2n) is 8.25. The number of aliphatic carboxylic acids is 1. The molecule has 0 saturated heterocycles. The Balaban J connectivity index is 2.08. The normalized spacial score (nSPS) is 14.4. The molecule has 0 amide bonds. The third-order valence-electron chi connectivity index (χ3n) is 5.21. The minimum absolute atomic E-state index is 0.230. The van der Waals surface area contributed by atoms with Crippen molar-refractivity contribution in [3.63, 3.8) is 0 Å². The second-order valence-corrected chi connectivity index (χ2v) is 8.25. The van der Waals surface area contributed by atoms with Gasteiger partial charge >= 0.3 is 17.9 Å². The van der Waals surface area contributed by atoms with Crippen LogP contribution in [0, 0.1) is 0 Å². The number of rotatable bonds is 13. The van der Waals surface area contributed by atoms with Gasteiger partial charge in [0.15, 0.2) is 29.1 Å². The Morgan fingerprint density at radius 3 is 1.70 bits per heavy atom. The van der Waals surface area contributed by atoms with Crippen molar-refractivity contribution in [1.82, 2.24) is 0 Å². The largest absolute Gasteiger partial charge is 0.504 e. The summed E-state index contributed by atoms with van der Waals surface area (Å²) >= 11 is 0. The van der Waals surface area contributed by atoms with Crippen molar-refractivity contribution in [3.8, 4) is 23.0 Å². The fourth-order valence-corrected chi connectivity index (χ4v) is 3.09. The van der Waals surface area contributed by atoms with Gasteiger partial charge in [-0.15, -0.1) is 0 Å². The summed E-state index contributed by atoms with van der Waals surface area (Å²) in [5.41, 5.74) is 0.537. The van der Waals surface area contributed by atoms with E-state index in [2.05, 4.69) is 0 Å². The highest BCUT2D eigenvalue weighted by molar-refractivity contribution is 6.32. The standard InChI is InChI=1S/C26H26O14/c27-15-5-1-13(9-17(15)29)3-7-22(34)39-12-21(33)24(36)25(19(31)11-20(32)26(37)38)40-23(35)8-4-14-2-6-16(28)18(30)10-14/h1-10,19,21,24-25,27-31,33,36H,11-12H2,(H,37,38)/b7-3+,8-4+/t19-,21-,24-,25-/m1/s1. The zero-order valence-electron chi connectivity index (χ0n) is 20.5. The van der Waals surface area contributed by atoms with E-state index in [0.29, 0.717) is 5.56 Å². The number of hydrogen-bond acceptors (Lipinski definition) is 13. The molecule has 2 rings (SSSR count). The molecule has 0 fully saturated rings. The lowest BCUT2D eigenvalue weighted by molar-refractivity contribution is -0.174. The number of benzene rings is 2. The monoisotopic (exact) mass is 562 g/mol. The van der Waals surface area contributed by atoms with Crippen LogP contribution in [0.2, 0.25) is 0 Å². The maximum atomic E-state index is 12.3. The van der Waals surface area contributed by atoms with E-state index < -0.39 is 78.4 Å². The van der Waals surface area contributed by atoms with Gasteiger partial charge in [-0.3, -0.25) is 4.79 Å². The number of aliphatic hydroxyl groups is 3. The summed E-state index contributed by atoms with van der Waals surface area (Å²) in [6.07, 6.45) is -5.40. The lowest BCUT2D eigenvalue weighted by Crippen LogP contribution is -2.49. The van der Waals surface area contributed by atoms with E-state index >= 15 is 0 Å². The Bertz CT molecular complexity index is 1300. The van der Waals surface area contributed by atoms with Gasteiger partial charge in [0, 0.05) is 18.6 Å². The fourth-order valence-electron chi connectivity index (χ4n) is 3.09. The average Bonchev–Trinajstić information content (AvgIpc) is 2.91. The lowest BCUT2D eigenvalue weighted by atomic mass is 9.99. The van der Waals surface area contributed by atoms with E-state index in [1.165, 1.54) is 24.3 Å². The highest BCUT2D eigenvalue weighted by Gasteiger charge is 2.37. The summed E-state index contributed by atoms with van der Waals surface area (Å²) in [6.45, 7) is -0.887. The number of aliphatic hydroxyl groups excluding tert-OH is 3. The summed E-state index contributed by atoms with van der Waals surface area (Å²) in [6, 6.07) is 7.25. The van der Waals surface area contributed by atoms with Crippen LogP contribution in [0.1, 0.15) is 17.5 Å². The molecule has 4 atom stereocenters. The van der Waals surface area contributed by atoms with Crippen LogP contribution in [0.4, 0.5) is 0 Å². The smallest absolute Gasteiger partial charge is 0.372 e. The molecule has 14 nitrogen and oxygen atoms in total. The molecule has 2 aromatic rings. The number of ketones is 1. The summed E-state index contributed by atoms with van der Waals surface area (Å²) in [7, 11) is 0. The van der Waals surface area contributed by atoms with Crippen molar-refractivity contribution in [2.45, 2.75) is 30.8 Å². The molecule has 0 unspecified atom stereocenters. The van der Waals surface area contributed by atoms with Gasteiger partial charge in [0.05, 0.1) is 0 Å². The van der Waals surface area contributed by atoms with Crippen LogP contribution in [0.25, 0.3) is 12.2 Å². The van der Waals surface area contributed by atoms with Crippen molar-refractivity contribution in [2.24, 2.45) is 0 Å². The number of esters is 2. The topological polar surface area (TPSA) is 249 Å². The van der Waals surface area contributed by atoms with Gasteiger partial charge in [-0.05, 0) is 47.5 Å². The summed E-state index contributed by atoms with van der Waals surface area (Å²) in [4.78, 5) is 46.7. The van der Waals surface area contributed by atoms with Crippen molar-refractivity contribution in [1.29, 1.82) is 0 Å². The first-order valence-electron chi connectivity index (χ1n) is 11.4. The molecule has 14 heteroatoms.